The molecule has 6 amide bonds. The van der Waals surface area contributed by atoms with Crippen LogP contribution in [0.5, 0.6) is 5.75 Å². The molecule has 53 heavy (non-hydrogen) atoms. The van der Waals surface area contributed by atoms with Crippen LogP contribution in [-0.2, 0) is 23.9 Å². The molecule has 3 atom stereocenters. The summed E-state index contributed by atoms with van der Waals surface area (Å²) in [6.45, 7) is 15.3. The first-order chi connectivity index (χ1) is 25.0. The van der Waals surface area contributed by atoms with Crippen LogP contribution in [-0.4, -0.2) is 110 Å². The average Bonchev–Trinajstić information content (AvgIpc) is 3.65. The third-order valence-electron chi connectivity index (χ3n) is 9.31. The van der Waals surface area contributed by atoms with Crippen LogP contribution in [0.4, 0.5) is 4.79 Å². The van der Waals surface area contributed by atoms with E-state index in [4.69, 9.17) is 14.2 Å². The number of nitrogens with one attached hydrogen (secondary N) is 6. The zero-order valence-electron chi connectivity index (χ0n) is 32.6. The Kier molecular flexibility index (Phi) is 17.2. The van der Waals surface area contributed by atoms with E-state index in [1.807, 2.05) is 46.4 Å². The lowest BCUT2D eigenvalue weighted by atomic mass is 9.93. The zero-order chi connectivity index (χ0) is 39.1. The highest BCUT2D eigenvalue weighted by Gasteiger charge is 2.42. The van der Waals surface area contributed by atoms with Gasteiger partial charge in [-0.25, -0.2) is 4.79 Å². The summed E-state index contributed by atoms with van der Waals surface area (Å²) in [5.74, 6) is 0.538. The average molecular weight is 763 g/mol. The summed E-state index contributed by atoms with van der Waals surface area (Å²) in [5.41, 5.74) is -1.33. The highest BCUT2D eigenvalue weighted by molar-refractivity contribution is 8.00. The van der Waals surface area contributed by atoms with Crippen LogP contribution in [0, 0.1) is 5.41 Å². The number of unbranched alkanes of at least 4 members (excludes halogenated alkanes) is 1. The lowest BCUT2D eigenvalue weighted by molar-refractivity contribution is -0.137. The summed E-state index contributed by atoms with van der Waals surface area (Å²) in [4.78, 5) is 61.9. The van der Waals surface area contributed by atoms with Gasteiger partial charge in [-0.05, 0) is 92.3 Å². The van der Waals surface area contributed by atoms with Gasteiger partial charge in [0.05, 0.1) is 35.3 Å². The Hall–Kier alpha value is -3.56. The maximum atomic E-state index is 13.0. The van der Waals surface area contributed by atoms with Crippen LogP contribution in [0.15, 0.2) is 24.3 Å². The van der Waals surface area contributed by atoms with Gasteiger partial charge in [0.15, 0.2) is 6.61 Å². The molecule has 2 heterocycles. The Morgan fingerprint density at radius 1 is 0.849 bits per heavy atom. The molecular weight excluding hydrogens is 701 g/mol. The lowest BCUT2D eigenvalue weighted by Gasteiger charge is -2.31. The summed E-state index contributed by atoms with van der Waals surface area (Å²) < 4.78 is 17.3. The van der Waals surface area contributed by atoms with Crippen LogP contribution in [0.3, 0.4) is 0 Å². The molecule has 0 saturated carbocycles. The minimum absolute atomic E-state index is 0.00938. The zero-order valence-corrected chi connectivity index (χ0v) is 33.4. The van der Waals surface area contributed by atoms with Gasteiger partial charge in [-0.3, -0.25) is 19.2 Å². The van der Waals surface area contributed by atoms with Gasteiger partial charge in [0, 0.05) is 55.8 Å². The molecule has 0 bridgehead atoms. The monoisotopic (exact) mass is 762 g/mol. The Balaban J connectivity index is 1.25. The molecule has 3 rings (SSSR count). The number of hydrogen-bond donors (Lipinski definition) is 6. The maximum absolute atomic E-state index is 13.0. The topological polar surface area (TPSA) is 185 Å². The normalized spacial score (nSPS) is 18.4. The van der Waals surface area contributed by atoms with Crippen LogP contribution >= 0.6 is 11.8 Å². The molecule has 1 aromatic carbocycles. The number of thioether (sulfide) groups is 1. The molecule has 15 heteroatoms. The van der Waals surface area contributed by atoms with Crippen LogP contribution < -0.4 is 36.6 Å². The van der Waals surface area contributed by atoms with E-state index in [1.165, 1.54) is 0 Å². The summed E-state index contributed by atoms with van der Waals surface area (Å²) in [7, 11) is 0. The molecule has 14 nitrogen and oxygen atoms in total. The van der Waals surface area contributed by atoms with Crippen LogP contribution in [0.1, 0.15) is 97.3 Å². The molecule has 0 radical (unpaired) electrons. The molecule has 0 unspecified atom stereocenters. The summed E-state index contributed by atoms with van der Waals surface area (Å²) in [5, 5.41) is 17.8. The lowest BCUT2D eigenvalue weighted by Crippen LogP contribution is -2.45. The van der Waals surface area contributed by atoms with Gasteiger partial charge in [0.1, 0.15) is 5.75 Å². The van der Waals surface area contributed by atoms with Crippen molar-refractivity contribution in [2.45, 2.75) is 116 Å². The van der Waals surface area contributed by atoms with Gasteiger partial charge in [-0.2, -0.15) is 11.8 Å². The fraction of sp³-hybridized carbons (Fsp3) is 0.711. The fourth-order valence-corrected chi connectivity index (χ4v) is 7.51. The Morgan fingerprint density at radius 3 is 2.25 bits per heavy atom. The van der Waals surface area contributed by atoms with Crippen LogP contribution in [0.25, 0.3) is 0 Å². The number of carbonyl (C=O) groups is 5. The number of amides is 6. The SMILES string of the molecule is CCOC(C)(C)CCNC(=O)COc1cccc(C(=O)NCCNC(=O)C(C)(C)COC(C)(C)CCNC(=O)CCCC[C@@H]2SC[C@@H]3NC(=O)N[C@@H]32)c1. The predicted molar refractivity (Wildman–Crippen MR) is 206 cm³/mol. The van der Waals surface area contributed by atoms with Gasteiger partial charge in [0.25, 0.3) is 11.8 Å². The quantitative estimate of drug-likeness (QED) is 0.0680. The van der Waals surface area contributed by atoms with E-state index >= 15 is 0 Å². The van der Waals surface area contributed by atoms with Crippen molar-refractivity contribution in [1.82, 2.24) is 31.9 Å². The second-order valence-corrected chi connectivity index (χ2v) is 16.8. The smallest absolute Gasteiger partial charge is 0.315 e. The molecule has 6 N–H and O–H groups in total. The molecule has 2 aliphatic heterocycles. The van der Waals surface area contributed by atoms with Crippen molar-refractivity contribution >= 4 is 41.4 Å². The molecule has 0 aliphatic carbocycles. The van der Waals surface area contributed by atoms with Gasteiger partial charge in [-0.1, -0.05) is 12.5 Å². The number of benzene rings is 1. The van der Waals surface area contributed by atoms with E-state index in [9.17, 15) is 24.0 Å². The van der Waals surface area contributed by atoms with Crippen molar-refractivity contribution in [3.63, 3.8) is 0 Å². The Labute approximate surface area is 319 Å². The molecule has 2 saturated heterocycles. The van der Waals surface area contributed by atoms with Gasteiger partial charge in [0.2, 0.25) is 11.8 Å². The molecule has 0 spiro atoms. The predicted octanol–water partition coefficient (Wildman–Crippen LogP) is 3.29. The Morgan fingerprint density at radius 2 is 1.53 bits per heavy atom. The highest BCUT2D eigenvalue weighted by atomic mass is 32.2. The first-order valence-corrected chi connectivity index (χ1v) is 19.8. The van der Waals surface area contributed by atoms with Crippen molar-refractivity contribution < 1.29 is 38.2 Å². The summed E-state index contributed by atoms with van der Waals surface area (Å²) >= 11 is 1.88. The Bertz CT molecular complexity index is 1390. The number of urea groups is 1. The van der Waals surface area contributed by atoms with Gasteiger partial charge >= 0.3 is 6.03 Å². The van der Waals surface area contributed by atoms with E-state index < -0.39 is 11.0 Å². The van der Waals surface area contributed by atoms with E-state index in [1.54, 1.807) is 38.1 Å². The second kappa shape index (κ2) is 20.8. The van der Waals surface area contributed by atoms with E-state index in [2.05, 4.69) is 31.9 Å². The van der Waals surface area contributed by atoms with Gasteiger partial charge < -0.3 is 46.1 Å². The number of hydrogen-bond acceptors (Lipinski definition) is 9. The minimum Gasteiger partial charge on any atom is -0.484 e. The molecule has 2 aliphatic rings. The van der Waals surface area contributed by atoms with Gasteiger partial charge in [-0.15, -0.1) is 0 Å². The number of carbonyl (C=O) groups excluding carboxylic acids is 5. The fourth-order valence-electron chi connectivity index (χ4n) is 5.97. The third-order valence-corrected chi connectivity index (χ3v) is 10.8. The summed E-state index contributed by atoms with van der Waals surface area (Å²) in [6.07, 6.45) is 4.42. The molecular formula is C38H62N6O8S. The first kappa shape index (κ1) is 43.8. The minimum atomic E-state index is -0.822. The van der Waals surface area contributed by atoms with E-state index in [0.717, 1.165) is 25.0 Å². The van der Waals surface area contributed by atoms with Crippen molar-refractivity contribution in [2.75, 3.05) is 51.8 Å². The highest BCUT2D eigenvalue weighted by Crippen LogP contribution is 2.33. The number of rotatable bonds is 24. The van der Waals surface area contributed by atoms with Crippen molar-refractivity contribution in [3.05, 3.63) is 29.8 Å². The standard InChI is InChI=1S/C38H62N6O8S/c1-8-51-37(4,5)16-19-40-31(46)23-50-27-13-11-12-26(22-27)33(47)41-20-21-42-34(48)36(2,3)25-52-38(6,7)17-18-39-30(45)15-10-9-14-29-32-28(24-53-29)43-35(49)44-32/h11-13,22,28-29,32H,8-10,14-21,23-25H2,1-7H3,(H,39,45)(H,40,46)(H,41,47)(H,42,48)(H2,43,44,49)/t28-,29-,32-/m0/s1. The summed E-state index contributed by atoms with van der Waals surface area (Å²) in [6, 6.07) is 6.89. The van der Waals surface area contributed by atoms with Crippen molar-refractivity contribution in [3.8, 4) is 5.75 Å². The molecule has 1 aromatic rings. The largest absolute Gasteiger partial charge is 0.484 e. The van der Waals surface area contributed by atoms with Crippen molar-refractivity contribution in [1.29, 1.82) is 0 Å². The molecule has 0 aromatic heterocycles. The third kappa shape index (κ3) is 15.8. The van der Waals surface area contributed by atoms with E-state index in [-0.39, 0.29) is 73.6 Å². The first-order valence-electron chi connectivity index (χ1n) is 18.8. The second-order valence-electron chi connectivity index (χ2n) is 15.5. The number of fused-ring (bicyclic) bond motifs is 1. The molecule has 2 fully saturated rings. The molecule has 298 valence electrons. The van der Waals surface area contributed by atoms with Crippen LogP contribution in [0.2, 0.25) is 0 Å². The number of ether oxygens (including phenoxy) is 3. The maximum Gasteiger partial charge on any atom is 0.315 e. The van der Waals surface area contributed by atoms with Crippen molar-refractivity contribution in [2.24, 2.45) is 5.41 Å². The van der Waals surface area contributed by atoms with E-state index in [0.29, 0.717) is 55.5 Å².